The number of carboxylic acid groups (broad SMARTS) is 1. The fourth-order valence-electron chi connectivity index (χ4n) is 4.60. The van der Waals surface area contributed by atoms with Crippen molar-refractivity contribution in [2.45, 2.75) is 56.8 Å². The van der Waals surface area contributed by atoms with Crippen molar-refractivity contribution < 1.29 is 29.0 Å². The molecule has 0 aliphatic heterocycles. The van der Waals surface area contributed by atoms with Crippen LogP contribution in [0.1, 0.15) is 43.7 Å². The van der Waals surface area contributed by atoms with Crippen molar-refractivity contribution in [2.75, 3.05) is 13.7 Å². The third kappa shape index (κ3) is 4.63. The standard InChI is InChI=1S/C26H30N2O6/c1-15(25(30)31)28(17-12-13-17)24(29)23(16(2)33-3)27-26(32)34-14-22-20-10-6-4-8-18(20)19-9-5-7-11-21(19)22/h4-11,15-17,22-23H,12-14H2,1-3H3,(H,27,32)(H,30,31)/t15?,16-,23+/m1/s1. The molecular formula is C26H30N2O6. The van der Waals surface area contributed by atoms with Gasteiger partial charge in [-0.3, -0.25) is 4.79 Å². The number of nitrogens with one attached hydrogen (secondary N) is 1. The first-order chi connectivity index (χ1) is 16.3. The van der Waals surface area contributed by atoms with Crippen LogP contribution >= 0.6 is 0 Å². The number of carbonyl (C=O) groups is 3. The number of carboxylic acids is 1. The molecule has 0 spiro atoms. The second-order valence-corrected chi connectivity index (χ2v) is 8.88. The van der Waals surface area contributed by atoms with E-state index in [1.807, 2.05) is 36.4 Å². The highest BCUT2D eigenvalue weighted by Crippen LogP contribution is 2.44. The van der Waals surface area contributed by atoms with Gasteiger partial charge in [0, 0.05) is 19.1 Å². The van der Waals surface area contributed by atoms with Crippen LogP contribution in [0, 0.1) is 0 Å². The summed E-state index contributed by atoms with van der Waals surface area (Å²) in [6.07, 6.45) is 0.0585. The van der Waals surface area contributed by atoms with Gasteiger partial charge in [-0.1, -0.05) is 48.5 Å². The van der Waals surface area contributed by atoms with Crippen molar-refractivity contribution in [3.05, 3.63) is 59.7 Å². The van der Waals surface area contributed by atoms with E-state index in [9.17, 15) is 19.5 Å². The summed E-state index contributed by atoms with van der Waals surface area (Å²) in [5.41, 5.74) is 4.42. The monoisotopic (exact) mass is 466 g/mol. The minimum atomic E-state index is -1.09. The number of nitrogens with zero attached hydrogens (tertiary/aromatic N) is 1. The Kier molecular flexibility index (Phi) is 6.88. The van der Waals surface area contributed by atoms with Crippen LogP contribution in [0.15, 0.2) is 48.5 Å². The molecule has 2 aromatic rings. The predicted molar refractivity (Wildman–Crippen MR) is 125 cm³/mol. The van der Waals surface area contributed by atoms with E-state index in [1.165, 1.54) is 18.9 Å². The summed E-state index contributed by atoms with van der Waals surface area (Å²) in [5, 5.41) is 12.1. The van der Waals surface area contributed by atoms with E-state index in [0.717, 1.165) is 35.1 Å². The van der Waals surface area contributed by atoms with Crippen molar-refractivity contribution >= 4 is 18.0 Å². The van der Waals surface area contributed by atoms with E-state index in [0.29, 0.717) is 0 Å². The largest absolute Gasteiger partial charge is 0.480 e. The molecule has 2 aliphatic carbocycles. The molecule has 8 nitrogen and oxygen atoms in total. The van der Waals surface area contributed by atoms with Crippen molar-refractivity contribution in [3.8, 4) is 11.1 Å². The minimum absolute atomic E-state index is 0.109. The molecule has 2 aliphatic rings. The SMILES string of the molecule is CO[C@H](C)[C@H](NC(=O)OCC1c2ccccc2-c2ccccc21)C(=O)N(C1CC1)C(C)C(=O)O. The fraction of sp³-hybridized carbons (Fsp3) is 0.423. The second-order valence-electron chi connectivity index (χ2n) is 8.88. The summed E-state index contributed by atoms with van der Waals surface area (Å²) in [6, 6.07) is 13.8. The Balaban J connectivity index is 1.47. The lowest BCUT2D eigenvalue weighted by Crippen LogP contribution is -2.58. The molecule has 34 heavy (non-hydrogen) atoms. The number of methoxy groups -OCH3 is 1. The zero-order chi connectivity index (χ0) is 24.4. The van der Waals surface area contributed by atoms with Gasteiger partial charge in [0.1, 0.15) is 18.7 Å². The summed E-state index contributed by atoms with van der Waals surface area (Å²) in [6.45, 7) is 3.24. The zero-order valence-electron chi connectivity index (χ0n) is 19.6. The Labute approximate surface area is 198 Å². The molecule has 0 heterocycles. The van der Waals surface area contributed by atoms with Crippen LogP contribution in [-0.4, -0.2) is 65.9 Å². The van der Waals surface area contributed by atoms with Crippen LogP contribution in [0.25, 0.3) is 11.1 Å². The van der Waals surface area contributed by atoms with E-state index >= 15 is 0 Å². The molecule has 1 saturated carbocycles. The van der Waals surface area contributed by atoms with Crippen LogP contribution in [0.2, 0.25) is 0 Å². The number of hydrogen-bond acceptors (Lipinski definition) is 5. The lowest BCUT2D eigenvalue weighted by atomic mass is 9.98. The Morgan fingerprint density at radius 2 is 1.59 bits per heavy atom. The molecule has 1 fully saturated rings. The summed E-state index contributed by atoms with van der Waals surface area (Å²) < 4.78 is 10.9. The molecule has 0 saturated heterocycles. The van der Waals surface area contributed by atoms with Gasteiger partial charge in [0.25, 0.3) is 0 Å². The van der Waals surface area contributed by atoms with Crippen molar-refractivity contribution in [3.63, 3.8) is 0 Å². The second kappa shape index (κ2) is 9.85. The molecule has 0 bridgehead atoms. The van der Waals surface area contributed by atoms with Gasteiger partial charge < -0.3 is 24.8 Å². The molecular weight excluding hydrogens is 436 g/mol. The number of aliphatic carboxylic acids is 1. The zero-order valence-corrected chi connectivity index (χ0v) is 19.6. The maximum atomic E-state index is 13.3. The quantitative estimate of drug-likeness (QED) is 0.587. The Hall–Kier alpha value is -3.39. The van der Waals surface area contributed by atoms with Gasteiger partial charge in [-0.15, -0.1) is 0 Å². The van der Waals surface area contributed by atoms with Crippen LogP contribution in [0.3, 0.4) is 0 Å². The fourth-order valence-corrected chi connectivity index (χ4v) is 4.60. The van der Waals surface area contributed by atoms with E-state index in [1.54, 1.807) is 6.92 Å². The molecule has 0 radical (unpaired) electrons. The maximum Gasteiger partial charge on any atom is 0.407 e. The van der Waals surface area contributed by atoms with Gasteiger partial charge in [-0.25, -0.2) is 9.59 Å². The first kappa shape index (κ1) is 23.8. The van der Waals surface area contributed by atoms with Crippen LogP contribution in [0.4, 0.5) is 4.79 Å². The summed E-state index contributed by atoms with van der Waals surface area (Å²) in [5.74, 6) is -1.69. The smallest absolute Gasteiger partial charge is 0.407 e. The summed E-state index contributed by atoms with van der Waals surface area (Å²) in [7, 11) is 1.44. The van der Waals surface area contributed by atoms with E-state index < -0.39 is 36.2 Å². The number of carbonyl (C=O) groups excluding carboxylic acids is 2. The molecule has 2 N–H and O–H groups in total. The number of ether oxygens (including phenoxy) is 2. The molecule has 2 aromatic carbocycles. The highest BCUT2D eigenvalue weighted by Gasteiger charge is 2.43. The normalized spacial score (nSPS) is 17.1. The molecule has 4 rings (SSSR count). The number of hydrogen-bond donors (Lipinski definition) is 2. The number of alkyl carbamates (subject to hydrolysis) is 1. The topological polar surface area (TPSA) is 105 Å². The predicted octanol–water partition coefficient (Wildman–Crippen LogP) is 3.39. The van der Waals surface area contributed by atoms with Gasteiger partial charge in [0.15, 0.2) is 0 Å². The number of benzene rings is 2. The Morgan fingerprint density at radius 3 is 2.09 bits per heavy atom. The van der Waals surface area contributed by atoms with Crippen LogP contribution in [0.5, 0.6) is 0 Å². The third-order valence-corrected chi connectivity index (χ3v) is 6.69. The molecule has 2 amide bonds. The van der Waals surface area contributed by atoms with Crippen LogP contribution in [-0.2, 0) is 19.1 Å². The molecule has 0 aromatic heterocycles. The Bertz CT molecular complexity index is 1040. The average molecular weight is 467 g/mol. The lowest BCUT2D eigenvalue weighted by Gasteiger charge is -2.32. The summed E-state index contributed by atoms with van der Waals surface area (Å²) >= 11 is 0. The average Bonchev–Trinajstić information content (AvgIpc) is 3.62. The van der Waals surface area contributed by atoms with Crippen molar-refractivity contribution in [1.82, 2.24) is 10.2 Å². The first-order valence-electron chi connectivity index (χ1n) is 11.5. The van der Waals surface area contributed by atoms with Gasteiger partial charge in [-0.2, -0.15) is 0 Å². The van der Waals surface area contributed by atoms with E-state index in [2.05, 4.69) is 17.4 Å². The molecule has 3 atom stereocenters. The van der Waals surface area contributed by atoms with Gasteiger partial charge in [0.05, 0.1) is 6.10 Å². The minimum Gasteiger partial charge on any atom is -0.480 e. The highest BCUT2D eigenvalue weighted by atomic mass is 16.5. The maximum absolute atomic E-state index is 13.3. The Morgan fingerprint density at radius 1 is 1.03 bits per heavy atom. The molecule has 8 heteroatoms. The molecule has 180 valence electrons. The summed E-state index contributed by atoms with van der Waals surface area (Å²) in [4.78, 5) is 39.0. The third-order valence-electron chi connectivity index (χ3n) is 6.69. The number of amides is 2. The van der Waals surface area contributed by atoms with Gasteiger partial charge in [-0.05, 0) is 48.9 Å². The van der Waals surface area contributed by atoms with Crippen LogP contribution < -0.4 is 5.32 Å². The van der Waals surface area contributed by atoms with E-state index in [4.69, 9.17) is 9.47 Å². The highest BCUT2D eigenvalue weighted by molar-refractivity contribution is 5.90. The number of fused-ring (bicyclic) bond motifs is 3. The first-order valence-corrected chi connectivity index (χ1v) is 11.5. The van der Waals surface area contributed by atoms with Gasteiger partial charge in [0.2, 0.25) is 5.91 Å². The van der Waals surface area contributed by atoms with Gasteiger partial charge >= 0.3 is 12.1 Å². The number of rotatable bonds is 9. The van der Waals surface area contributed by atoms with Crippen molar-refractivity contribution in [1.29, 1.82) is 0 Å². The van der Waals surface area contributed by atoms with Crippen molar-refractivity contribution in [2.24, 2.45) is 0 Å². The lowest BCUT2D eigenvalue weighted by molar-refractivity contribution is -0.152. The van der Waals surface area contributed by atoms with E-state index in [-0.39, 0.29) is 18.6 Å². The molecule has 1 unspecified atom stereocenters.